The van der Waals surface area contributed by atoms with Crippen LogP contribution in [0.5, 0.6) is 11.5 Å². The predicted molar refractivity (Wildman–Crippen MR) is 65.8 cm³/mol. The minimum Gasteiger partial charge on any atom is -0.504 e. The maximum atomic E-state index is 9.71. The van der Waals surface area contributed by atoms with Crippen molar-refractivity contribution in [2.75, 3.05) is 7.11 Å². The molecule has 1 aromatic carbocycles. The molecule has 0 aliphatic carbocycles. The molecule has 98 valence electrons. The number of benzene rings is 1. The molecule has 0 radical (unpaired) electrons. The first-order valence-corrected chi connectivity index (χ1v) is 6.26. The number of methoxy groups -OCH3 is 1. The highest BCUT2D eigenvalue weighted by Gasteiger charge is 2.12. The fourth-order valence-electron chi connectivity index (χ4n) is 1.18. The van der Waals surface area contributed by atoms with Gasteiger partial charge in [0.25, 0.3) is 0 Å². The lowest BCUT2D eigenvalue weighted by atomic mass is 10.1. The summed E-state index contributed by atoms with van der Waals surface area (Å²) in [5.41, 5.74) is 1.08. The number of phenols is 1. The van der Waals surface area contributed by atoms with Crippen molar-refractivity contribution >= 4 is 16.2 Å². The van der Waals surface area contributed by atoms with Gasteiger partial charge in [-0.2, -0.15) is 4.58 Å². The Morgan fingerprint density at radius 3 is 2.78 bits per heavy atom. The third kappa shape index (κ3) is 4.48. The van der Waals surface area contributed by atoms with Crippen LogP contribution in [0.3, 0.4) is 0 Å². The molecule has 1 N–H and O–H groups in total. The normalized spacial score (nSPS) is 14.2. The molecule has 1 fully saturated rings. The molecule has 1 aliphatic rings. The van der Waals surface area contributed by atoms with E-state index in [1.165, 1.54) is 7.11 Å². The number of rotatable bonds is 3. The number of carbonyl (C=O) groups excluding carboxylic acids is 1. The molecule has 0 amide bonds. The summed E-state index contributed by atoms with van der Waals surface area (Å²) in [7, 11) is 0.458. The van der Waals surface area contributed by atoms with Crippen LogP contribution in [0, 0.1) is 0 Å². The Hall–Kier alpha value is -1.99. The lowest BCUT2D eigenvalue weighted by Crippen LogP contribution is -1.89. The number of hydrogen-bond donors (Lipinski definition) is 1. The zero-order valence-corrected chi connectivity index (χ0v) is 11.3. The van der Waals surface area contributed by atoms with Crippen LogP contribution in [0.25, 0.3) is 0 Å². The third-order valence-electron chi connectivity index (χ3n) is 1.98. The molecule has 18 heavy (non-hydrogen) atoms. The van der Waals surface area contributed by atoms with Crippen molar-refractivity contribution in [3.63, 3.8) is 0 Å². The van der Waals surface area contributed by atoms with Crippen LogP contribution in [0.1, 0.15) is 5.56 Å². The quantitative estimate of drug-likeness (QED) is 0.505. The first-order valence-electron chi connectivity index (χ1n) is 5.10. The summed E-state index contributed by atoms with van der Waals surface area (Å²) in [4.78, 5) is 13.6. The molecule has 0 bridgehead atoms. The topological polar surface area (TPSA) is 74.2 Å². The Labute approximate surface area is 107 Å². The van der Waals surface area contributed by atoms with E-state index < -0.39 is 16.2 Å². The van der Waals surface area contributed by atoms with Crippen LogP contribution in [0.4, 0.5) is 4.79 Å². The molecule has 1 heterocycles. The highest BCUT2D eigenvalue weighted by Crippen LogP contribution is 2.26. The van der Waals surface area contributed by atoms with E-state index >= 15 is 0 Å². The molecular weight excluding hydrogens is 256 g/mol. The van der Waals surface area contributed by atoms with Gasteiger partial charge in [0.05, 0.1) is 7.11 Å². The minimum absolute atomic E-state index is 0.172. The molecule has 2 rings (SSSR count). The lowest BCUT2D eigenvalue weighted by Gasteiger charge is -2.04. The van der Waals surface area contributed by atoms with E-state index in [4.69, 9.17) is 4.74 Å². The summed E-state index contributed by atoms with van der Waals surface area (Å²) >= 11 is 0. The Morgan fingerprint density at radius 2 is 2.33 bits per heavy atom. The molecule has 0 aromatic heterocycles. The molecule has 0 atom stereocenters. The Bertz CT molecular complexity index is 412. The second-order valence-electron chi connectivity index (χ2n) is 3.21. The second-order valence-corrected chi connectivity index (χ2v) is 3.97. The van der Waals surface area contributed by atoms with Crippen LogP contribution in [-0.2, 0) is 20.3 Å². The van der Waals surface area contributed by atoms with Gasteiger partial charge in [0.15, 0.2) is 11.5 Å². The average Bonchev–Trinajstić information content (AvgIpc) is 2.84. The molecule has 6 nitrogen and oxygen atoms in total. The van der Waals surface area contributed by atoms with E-state index in [1.807, 2.05) is 12.1 Å². The van der Waals surface area contributed by atoms with E-state index in [1.54, 1.807) is 12.1 Å². The first-order chi connectivity index (χ1) is 8.67. The molecule has 0 unspecified atom stereocenters. The number of aromatic hydroxyl groups is 1. The van der Waals surface area contributed by atoms with Crippen molar-refractivity contribution in [1.29, 1.82) is 0 Å². The summed E-state index contributed by atoms with van der Waals surface area (Å²) in [6, 6.07) is 5.27. The van der Waals surface area contributed by atoms with Crippen molar-refractivity contribution in [3.8, 4) is 11.5 Å². The molecule has 0 saturated carbocycles. The molecule has 0 spiro atoms. The van der Waals surface area contributed by atoms with Crippen LogP contribution in [0.2, 0.25) is 0 Å². The summed E-state index contributed by atoms with van der Waals surface area (Å²) in [6.07, 6.45) is 1.89. The number of hydrogen-bond acceptors (Lipinski definition) is 6. The zero-order valence-electron chi connectivity index (χ0n) is 9.92. The first kappa shape index (κ1) is 14.1. The van der Waals surface area contributed by atoms with Crippen molar-refractivity contribution < 1.29 is 28.5 Å². The molecule has 1 aliphatic heterocycles. The van der Waals surface area contributed by atoms with E-state index in [-0.39, 0.29) is 5.75 Å². The van der Waals surface area contributed by atoms with E-state index in [2.05, 4.69) is 20.5 Å². The van der Waals surface area contributed by atoms with Crippen molar-refractivity contribution in [2.24, 2.45) is 0 Å². The second kappa shape index (κ2) is 7.36. The maximum Gasteiger partial charge on any atom is 0.527 e. The smallest absolute Gasteiger partial charge is 0.504 e. The Balaban J connectivity index is 0.000000225. The SMILES string of the molecule is C=CCc1ccc(O)c(OC)c1.O=C1OO[SiH2]O1. The summed E-state index contributed by atoms with van der Waals surface area (Å²) in [5.74, 6) is 0.680. The van der Waals surface area contributed by atoms with Crippen molar-refractivity contribution in [2.45, 2.75) is 6.42 Å². The van der Waals surface area contributed by atoms with Gasteiger partial charge in [0.2, 0.25) is 0 Å². The molecule has 7 heteroatoms. The molecular formula is C11H14O6Si. The lowest BCUT2D eigenvalue weighted by molar-refractivity contribution is -0.124. The maximum absolute atomic E-state index is 9.71. The highest BCUT2D eigenvalue weighted by atomic mass is 28.3. The monoisotopic (exact) mass is 270 g/mol. The van der Waals surface area contributed by atoms with Gasteiger partial charge >= 0.3 is 16.2 Å². The van der Waals surface area contributed by atoms with E-state index in [0.717, 1.165) is 12.0 Å². The molecule has 1 aromatic rings. The summed E-state index contributed by atoms with van der Waals surface area (Å²) < 4.78 is 13.3. The van der Waals surface area contributed by atoms with Gasteiger partial charge in [-0.1, -0.05) is 12.1 Å². The van der Waals surface area contributed by atoms with Crippen molar-refractivity contribution in [3.05, 3.63) is 36.4 Å². The largest absolute Gasteiger partial charge is 0.527 e. The minimum atomic E-state index is -1.08. The Kier molecular flexibility index (Phi) is 5.75. The highest BCUT2D eigenvalue weighted by molar-refractivity contribution is 6.23. The van der Waals surface area contributed by atoms with Gasteiger partial charge < -0.3 is 14.3 Å². The number of carbonyl (C=O) groups is 1. The van der Waals surface area contributed by atoms with Gasteiger partial charge in [-0.25, -0.2) is 4.79 Å². The van der Waals surface area contributed by atoms with Gasteiger partial charge in [-0.3, -0.25) is 4.89 Å². The fourth-order valence-corrected chi connectivity index (χ4v) is 1.52. The predicted octanol–water partition coefficient (Wildman–Crippen LogP) is 1.21. The third-order valence-corrected chi connectivity index (χ3v) is 2.54. The summed E-state index contributed by atoms with van der Waals surface area (Å²) in [6.45, 7) is 3.63. The van der Waals surface area contributed by atoms with Crippen LogP contribution in [0.15, 0.2) is 30.9 Å². The van der Waals surface area contributed by atoms with Crippen LogP contribution in [-0.4, -0.2) is 28.4 Å². The van der Waals surface area contributed by atoms with Gasteiger partial charge in [-0.05, 0) is 24.1 Å². The van der Waals surface area contributed by atoms with Crippen LogP contribution < -0.4 is 4.74 Å². The van der Waals surface area contributed by atoms with E-state index in [9.17, 15) is 9.90 Å². The van der Waals surface area contributed by atoms with Gasteiger partial charge in [0, 0.05) is 0 Å². The summed E-state index contributed by atoms with van der Waals surface area (Å²) in [5, 5.41) is 9.25. The van der Waals surface area contributed by atoms with E-state index in [0.29, 0.717) is 5.75 Å². The van der Waals surface area contributed by atoms with Gasteiger partial charge in [-0.15, -0.1) is 6.58 Å². The number of allylic oxidation sites excluding steroid dienone is 1. The average molecular weight is 270 g/mol. The van der Waals surface area contributed by atoms with Crippen LogP contribution >= 0.6 is 0 Å². The molecule has 1 saturated heterocycles. The number of phenolic OH excluding ortho intramolecular Hbond substituents is 1. The zero-order chi connectivity index (χ0) is 13.4. The number of ether oxygens (including phenoxy) is 1. The van der Waals surface area contributed by atoms with Gasteiger partial charge in [0.1, 0.15) is 0 Å². The van der Waals surface area contributed by atoms with Crippen molar-refractivity contribution in [1.82, 2.24) is 0 Å². The standard InChI is InChI=1S/C10H12O2.CH2O4Si/c1-3-4-8-5-6-9(11)10(7-8)12-2;2-1-3-5-6-4-1/h3,5-7,11H,1,4H2,2H3;6H2. The Morgan fingerprint density at radius 1 is 1.56 bits per heavy atom. The fraction of sp³-hybridized carbons (Fsp3) is 0.182.